The molecule has 0 saturated heterocycles. The van der Waals surface area contributed by atoms with Gasteiger partial charge in [-0.15, -0.1) is 0 Å². The molecule has 1 rings (SSSR count). The third kappa shape index (κ3) is 5.03. The van der Waals surface area contributed by atoms with E-state index in [0.717, 1.165) is 5.75 Å². The second kappa shape index (κ2) is 5.36. The molecule has 0 spiro atoms. The van der Waals surface area contributed by atoms with Crippen molar-refractivity contribution in [2.45, 2.75) is 37.7 Å². The normalized spacial score (nSPS) is 11.4. The third-order valence-corrected chi connectivity index (χ3v) is 3.55. The quantitative estimate of drug-likeness (QED) is 0.756. The lowest BCUT2D eigenvalue weighted by Gasteiger charge is -2.22. The minimum Gasteiger partial charge on any atom is -0.300 e. The van der Waals surface area contributed by atoms with E-state index in [-0.39, 0.29) is 10.5 Å². The fourth-order valence-corrected chi connectivity index (χ4v) is 2.56. The molecule has 1 nitrogen and oxygen atoms in total. The topological polar surface area (TPSA) is 17.1 Å². The summed E-state index contributed by atoms with van der Waals surface area (Å²) in [5.41, 5.74) is 1.32. The highest BCUT2D eigenvalue weighted by molar-refractivity contribution is 7.99. The molecular weight excluding hydrogens is 204 g/mol. The minimum atomic E-state index is 0.0433. The Balaban J connectivity index is 2.46. The molecule has 0 atom stereocenters. The van der Waals surface area contributed by atoms with Gasteiger partial charge in [-0.1, -0.05) is 44.2 Å². The zero-order valence-electron chi connectivity index (χ0n) is 9.62. The van der Waals surface area contributed by atoms with Crippen LogP contribution < -0.4 is 0 Å². The summed E-state index contributed by atoms with van der Waals surface area (Å²) in [6, 6.07) is 10.4. The van der Waals surface area contributed by atoms with Gasteiger partial charge in [0.15, 0.2) is 0 Å². The number of hydrogen-bond acceptors (Lipinski definition) is 2. The Bertz CT molecular complexity index is 317. The van der Waals surface area contributed by atoms with Gasteiger partial charge in [-0.3, -0.25) is 4.79 Å². The molecule has 0 aliphatic carbocycles. The first-order valence-corrected chi connectivity index (χ1v) is 6.15. The van der Waals surface area contributed by atoms with Crippen LogP contribution in [0.25, 0.3) is 0 Å². The van der Waals surface area contributed by atoms with E-state index >= 15 is 0 Å². The summed E-state index contributed by atoms with van der Waals surface area (Å²) in [4.78, 5) is 11.1. The Labute approximate surface area is 96.3 Å². The van der Waals surface area contributed by atoms with Crippen molar-refractivity contribution in [3.8, 4) is 0 Å². The average molecular weight is 222 g/mol. The van der Waals surface area contributed by atoms with Gasteiger partial charge in [0.05, 0.1) is 0 Å². The smallest absolute Gasteiger partial charge is 0.131 e. The second-order valence-electron chi connectivity index (χ2n) is 4.41. The van der Waals surface area contributed by atoms with Crippen molar-refractivity contribution in [3.63, 3.8) is 0 Å². The maximum atomic E-state index is 11.1. The summed E-state index contributed by atoms with van der Waals surface area (Å²) in [5.74, 6) is 1.24. The molecule has 82 valence electrons. The molecule has 2 heteroatoms. The summed E-state index contributed by atoms with van der Waals surface area (Å²) in [7, 11) is 0. The van der Waals surface area contributed by atoms with Gasteiger partial charge in [0.1, 0.15) is 5.78 Å². The molecule has 0 fully saturated rings. The number of ketones is 1. The summed E-state index contributed by atoms with van der Waals surface area (Å²) in [5, 5.41) is 0. The van der Waals surface area contributed by atoms with Crippen LogP contribution in [-0.4, -0.2) is 10.5 Å². The van der Waals surface area contributed by atoms with Gasteiger partial charge in [-0.2, -0.15) is 11.8 Å². The van der Waals surface area contributed by atoms with Crippen LogP contribution >= 0.6 is 11.8 Å². The van der Waals surface area contributed by atoms with Crippen molar-refractivity contribution in [2.24, 2.45) is 0 Å². The third-order valence-electron chi connectivity index (χ3n) is 2.15. The van der Waals surface area contributed by atoms with Crippen LogP contribution in [0, 0.1) is 0 Å². The Morgan fingerprint density at radius 3 is 2.40 bits per heavy atom. The highest BCUT2D eigenvalue weighted by atomic mass is 32.2. The summed E-state index contributed by atoms with van der Waals surface area (Å²) in [6.07, 6.45) is 0.643. The molecular formula is C13H18OS. The molecule has 0 aliphatic rings. The maximum absolute atomic E-state index is 11.1. The average Bonchev–Trinajstić information content (AvgIpc) is 2.15. The number of carbonyl (C=O) groups excluding carboxylic acids is 1. The Morgan fingerprint density at radius 2 is 1.87 bits per heavy atom. The van der Waals surface area contributed by atoms with Crippen LogP contribution in [0.3, 0.4) is 0 Å². The van der Waals surface area contributed by atoms with E-state index in [2.05, 4.69) is 26.0 Å². The van der Waals surface area contributed by atoms with Crippen LogP contribution in [0.1, 0.15) is 32.8 Å². The molecule has 0 aromatic heterocycles. The monoisotopic (exact) mass is 222 g/mol. The van der Waals surface area contributed by atoms with Gasteiger partial charge in [0.2, 0.25) is 0 Å². The molecule has 0 radical (unpaired) electrons. The molecule has 0 saturated carbocycles. The van der Waals surface area contributed by atoms with Gasteiger partial charge in [-0.05, 0) is 12.5 Å². The molecule has 0 unspecified atom stereocenters. The Morgan fingerprint density at radius 1 is 1.27 bits per heavy atom. The van der Waals surface area contributed by atoms with Crippen molar-refractivity contribution in [1.82, 2.24) is 0 Å². The molecule has 1 aromatic carbocycles. The maximum Gasteiger partial charge on any atom is 0.131 e. The standard InChI is InChI=1S/C13H18OS/c1-11(14)9-13(2,3)15-10-12-7-5-4-6-8-12/h4-8H,9-10H2,1-3H3. The molecule has 15 heavy (non-hydrogen) atoms. The van der Waals surface area contributed by atoms with Gasteiger partial charge in [0, 0.05) is 16.9 Å². The molecule has 0 N–H and O–H groups in total. The molecule has 0 bridgehead atoms. The fraction of sp³-hybridized carbons (Fsp3) is 0.462. The predicted octanol–water partition coefficient (Wildman–Crippen LogP) is 3.68. The van der Waals surface area contributed by atoms with Crippen LogP contribution in [0.15, 0.2) is 30.3 Å². The van der Waals surface area contributed by atoms with E-state index in [1.165, 1.54) is 5.56 Å². The Hall–Kier alpha value is -0.760. The number of benzene rings is 1. The number of hydrogen-bond donors (Lipinski definition) is 0. The van der Waals surface area contributed by atoms with Crippen LogP contribution in [0.2, 0.25) is 0 Å². The van der Waals surface area contributed by atoms with Crippen molar-refractivity contribution in [3.05, 3.63) is 35.9 Å². The zero-order valence-corrected chi connectivity index (χ0v) is 10.4. The molecule has 0 heterocycles. The van der Waals surface area contributed by atoms with E-state index in [4.69, 9.17) is 0 Å². The van der Waals surface area contributed by atoms with Crippen LogP contribution in [0.4, 0.5) is 0 Å². The van der Waals surface area contributed by atoms with Crippen LogP contribution in [0.5, 0.6) is 0 Å². The number of thioether (sulfide) groups is 1. The van der Waals surface area contributed by atoms with Gasteiger partial charge < -0.3 is 0 Å². The first kappa shape index (κ1) is 12.3. The van der Waals surface area contributed by atoms with E-state index in [9.17, 15) is 4.79 Å². The summed E-state index contributed by atoms with van der Waals surface area (Å²) < 4.78 is 0.0433. The fourth-order valence-electron chi connectivity index (χ4n) is 1.50. The SMILES string of the molecule is CC(=O)CC(C)(C)SCc1ccccc1. The molecule has 0 aliphatic heterocycles. The van der Waals surface area contributed by atoms with Crippen molar-refractivity contribution < 1.29 is 4.79 Å². The van der Waals surface area contributed by atoms with Gasteiger partial charge in [-0.25, -0.2) is 0 Å². The first-order valence-electron chi connectivity index (χ1n) is 5.17. The van der Waals surface area contributed by atoms with Crippen molar-refractivity contribution in [2.75, 3.05) is 0 Å². The van der Waals surface area contributed by atoms with Crippen LogP contribution in [-0.2, 0) is 10.5 Å². The van der Waals surface area contributed by atoms with Crippen molar-refractivity contribution >= 4 is 17.5 Å². The lowest BCUT2D eigenvalue weighted by Crippen LogP contribution is -2.18. The van der Waals surface area contributed by atoms with Gasteiger partial charge >= 0.3 is 0 Å². The number of Topliss-reactive ketones (excluding diaryl/α,β-unsaturated/α-hetero) is 1. The highest BCUT2D eigenvalue weighted by Gasteiger charge is 2.20. The molecule has 1 aromatic rings. The number of carbonyl (C=O) groups is 1. The van der Waals surface area contributed by atoms with E-state index in [1.807, 2.05) is 30.0 Å². The minimum absolute atomic E-state index is 0.0433. The number of rotatable bonds is 5. The molecule has 0 amide bonds. The van der Waals surface area contributed by atoms with Gasteiger partial charge in [0.25, 0.3) is 0 Å². The lowest BCUT2D eigenvalue weighted by molar-refractivity contribution is -0.117. The summed E-state index contributed by atoms with van der Waals surface area (Å²) >= 11 is 1.84. The Kier molecular flexibility index (Phi) is 4.40. The van der Waals surface area contributed by atoms with E-state index in [0.29, 0.717) is 6.42 Å². The highest BCUT2D eigenvalue weighted by Crippen LogP contribution is 2.31. The first-order chi connectivity index (χ1) is 6.99. The summed E-state index contributed by atoms with van der Waals surface area (Å²) in [6.45, 7) is 5.91. The second-order valence-corrected chi connectivity index (χ2v) is 6.10. The van der Waals surface area contributed by atoms with E-state index < -0.39 is 0 Å². The van der Waals surface area contributed by atoms with Crippen molar-refractivity contribution in [1.29, 1.82) is 0 Å². The zero-order chi connectivity index (χ0) is 11.3. The lowest BCUT2D eigenvalue weighted by atomic mass is 10.1. The van der Waals surface area contributed by atoms with E-state index in [1.54, 1.807) is 6.92 Å². The predicted molar refractivity (Wildman–Crippen MR) is 67.1 cm³/mol. The largest absolute Gasteiger partial charge is 0.300 e.